The Morgan fingerprint density at radius 3 is 3.00 bits per heavy atom. The van der Waals surface area contributed by atoms with Gasteiger partial charge in [-0.2, -0.15) is 0 Å². The molecule has 1 aromatic carbocycles. The first-order valence-electron chi connectivity index (χ1n) is 7.42. The number of nitrogens with one attached hydrogen (secondary N) is 1. The second-order valence-corrected chi connectivity index (χ2v) is 6.69. The van der Waals surface area contributed by atoms with Gasteiger partial charge in [-0.1, -0.05) is 6.07 Å². The number of hydrogen-bond donors (Lipinski definition) is 1. The lowest BCUT2D eigenvalue weighted by molar-refractivity contribution is -0.138. The summed E-state index contributed by atoms with van der Waals surface area (Å²) in [6.07, 6.45) is 0.881. The zero-order valence-corrected chi connectivity index (χ0v) is 13.3. The summed E-state index contributed by atoms with van der Waals surface area (Å²) >= 11 is 1.57. The van der Waals surface area contributed by atoms with Crippen LogP contribution in [0.4, 0.5) is 4.39 Å². The highest BCUT2D eigenvalue weighted by Gasteiger charge is 2.40. The van der Waals surface area contributed by atoms with E-state index in [2.05, 4.69) is 10.3 Å². The van der Waals surface area contributed by atoms with Crippen LogP contribution < -0.4 is 5.32 Å². The summed E-state index contributed by atoms with van der Waals surface area (Å²) in [5.74, 6) is -0.213. The molecule has 1 unspecified atom stereocenters. The minimum atomic E-state index is -0.929. The molecule has 1 amide bonds. The Hall–Kier alpha value is -1.53. The topological polar surface area (TPSA) is 51.2 Å². The third kappa shape index (κ3) is 2.85. The fraction of sp³-hybridized carbons (Fsp3) is 0.500. The molecule has 0 aliphatic carbocycles. The molecule has 0 radical (unpaired) electrons. The van der Waals surface area contributed by atoms with Gasteiger partial charge in [-0.25, -0.2) is 9.37 Å². The number of hydrogen-bond acceptors (Lipinski definition) is 4. The van der Waals surface area contributed by atoms with E-state index < -0.39 is 12.1 Å². The maximum Gasteiger partial charge on any atom is 0.229 e. The SMILES string of the molecule is CC(NC(=O)C1(CF)CCOCC1)c1ccc2ncsc2c1. The number of halogens is 1. The van der Waals surface area contributed by atoms with Gasteiger partial charge in [0, 0.05) is 13.2 Å². The molecule has 1 aromatic heterocycles. The zero-order valence-electron chi connectivity index (χ0n) is 12.5. The highest BCUT2D eigenvalue weighted by atomic mass is 32.1. The predicted octanol–water partition coefficient (Wildman–Crippen LogP) is 3.24. The van der Waals surface area contributed by atoms with E-state index in [-0.39, 0.29) is 11.9 Å². The van der Waals surface area contributed by atoms with Crippen molar-refractivity contribution in [3.05, 3.63) is 29.3 Å². The fourth-order valence-electron chi connectivity index (χ4n) is 2.76. The van der Waals surface area contributed by atoms with Crippen molar-refractivity contribution >= 4 is 27.5 Å². The van der Waals surface area contributed by atoms with Crippen LogP contribution in [-0.4, -0.2) is 30.8 Å². The van der Waals surface area contributed by atoms with Crippen LogP contribution in [0.2, 0.25) is 0 Å². The van der Waals surface area contributed by atoms with E-state index in [1.807, 2.05) is 25.1 Å². The molecule has 0 saturated carbocycles. The molecule has 22 heavy (non-hydrogen) atoms. The Kier molecular flexibility index (Phi) is 4.40. The minimum absolute atomic E-state index is 0.162. The number of rotatable bonds is 4. The van der Waals surface area contributed by atoms with Crippen LogP contribution in [0.15, 0.2) is 23.7 Å². The Morgan fingerprint density at radius 2 is 2.27 bits per heavy atom. The average Bonchev–Trinajstić information content (AvgIpc) is 3.02. The van der Waals surface area contributed by atoms with Crippen molar-refractivity contribution in [2.24, 2.45) is 5.41 Å². The predicted molar refractivity (Wildman–Crippen MR) is 84.6 cm³/mol. The molecule has 2 heterocycles. The lowest BCUT2D eigenvalue weighted by atomic mass is 9.80. The highest BCUT2D eigenvalue weighted by Crippen LogP contribution is 2.32. The van der Waals surface area contributed by atoms with Crippen LogP contribution in [0.3, 0.4) is 0 Å². The number of alkyl halides is 1. The molecule has 1 aliphatic rings. The summed E-state index contributed by atoms with van der Waals surface area (Å²) in [7, 11) is 0. The largest absolute Gasteiger partial charge is 0.381 e. The van der Waals surface area contributed by atoms with Crippen LogP contribution in [0, 0.1) is 5.41 Å². The normalized spacial score (nSPS) is 19.0. The monoisotopic (exact) mass is 322 g/mol. The van der Waals surface area contributed by atoms with Gasteiger partial charge >= 0.3 is 0 Å². The van der Waals surface area contributed by atoms with E-state index in [1.54, 1.807) is 16.8 Å². The maximum absolute atomic E-state index is 13.5. The first-order valence-corrected chi connectivity index (χ1v) is 8.30. The second kappa shape index (κ2) is 6.30. The molecule has 6 heteroatoms. The molecule has 2 aromatic rings. The molecule has 4 nitrogen and oxygen atoms in total. The number of fused-ring (bicyclic) bond motifs is 1. The van der Waals surface area contributed by atoms with Crippen molar-refractivity contribution < 1.29 is 13.9 Å². The summed E-state index contributed by atoms with van der Waals surface area (Å²) in [5.41, 5.74) is 2.84. The maximum atomic E-state index is 13.5. The van der Waals surface area contributed by atoms with Gasteiger partial charge in [0.15, 0.2) is 0 Å². The first-order chi connectivity index (χ1) is 10.6. The summed E-state index contributed by atoms with van der Waals surface area (Å²) < 4.78 is 19.8. The summed E-state index contributed by atoms with van der Waals surface area (Å²) in [4.78, 5) is 16.8. The van der Waals surface area contributed by atoms with Crippen molar-refractivity contribution in [2.45, 2.75) is 25.8 Å². The molecule has 1 aliphatic heterocycles. The van der Waals surface area contributed by atoms with Gasteiger partial charge in [0.25, 0.3) is 0 Å². The van der Waals surface area contributed by atoms with Crippen molar-refractivity contribution in [2.75, 3.05) is 19.9 Å². The number of aromatic nitrogens is 1. The van der Waals surface area contributed by atoms with E-state index in [9.17, 15) is 9.18 Å². The van der Waals surface area contributed by atoms with Crippen LogP contribution in [-0.2, 0) is 9.53 Å². The van der Waals surface area contributed by atoms with Crippen LogP contribution in [0.1, 0.15) is 31.4 Å². The second-order valence-electron chi connectivity index (χ2n) is 5.80. The molecule has 1 fully saturated rings. The Balaban J connectivity index is 1.74. The van der Waals surface area contributed by atoms with Gasteiger partial charge in [-0.3, -0.25) is 4.79 Å². The van der Waals surface area contributed by atoms with Gasteiger partial charge in [-0.15, -0.1) is 11.3 Å². The van der Waals surface area contributed by atoms with Crippen LogP contribution in [0.5, 0.6) is 0 Å². The Labute approximate surface area is 132 Å². The van der Waals surface area contributed by atoms with Crippen molar-refractivity contribution in [1.29, 1.82) is 0 Å². The zero-order chi connectivity index (χ0) is 15.6. The number of thiazole rings is 1. The first kappa shape index (κ1) is 15.4. The molecular formula is C16H19FN2O2S. The molecule has 3 rings (SSSR count). The van der Waals surface area contributed by atoms with E-state index in [1.165, 1.54) is 0 Å². The summed E-state index contributed by atoms with van der Waals surface area (Å²) in [6.45, 7) is 2.17. The number of carbonyl (C=O) groups excluding carboxylic acids is 1. The number of carbonyl (C=O) groups is 1. The number of nitrogens with zero attached hydrogens (tertiary/aromatic N) is 1. The molecule has 1 atom stereocenters. The van der Waals surface area contributed by atoms with Gasteiger partial charge in [-0.05, 0) is 37.5 Å². The van der Waals surface area contributed by atoms with Gasteiger partial charge < -0.3 is 10.1 Å². The summed E-state index contributed by atoms with van der Waals surface area (Å²) in [5, 5.41) is 2.96. The number of ether oxygens (including phenoxy) is 1. The minimum Gasteiger partial charge on any atom is -0.381 e. The quantitative estimate of drug-likeness (QED) is 0.940. The van der Waals surface area contributed by atoms with E-state index in [4.69, 9.17) is 4.74 Å². The Bertz CT molecular complexity index is 667. The van der Waals surface area contributed by atoms with Crippen LogP contribution in [0.25, 0.3) is 10.2 Å². The van der Waals surface area contributed by atoms with Crippen molar-refractivity contribution in [3.8, 4) is 0 Å². The lowest BCUT2D eigenvalue weighted by Gasteiger charge is -2.34. The average molecular weight is 322 g/mol. The standard InChI is InChI=1S/C16H19FN2O2S/c1-11(12-2-3-13-14(8-12)22-10-18-13)19-15(20)16(9-17)4-6-21-7-5-16/h2-3,8,10-11H,4-7,9H2,1H3,(H,19,20). The smallest absolute Gasteiger partial charge is 0.229 e. The van der Waals surface area contributed by atoms with Crippen molar-refractivity contribution in [3.63, 3.8) is 0 Å². The van der Waals surface area contributed by atoms with E-state index >= 15 is 0 Å². The van der Waals surface area contributed by atoms with Crippen molar-refractivity contribution in [1.82, 2.24) is 10.3 Å². The van der Waals surface area contributed by atoms with E-state index in [0.717, 1.165) is 15.8 Å². The molecule has 118 valence electrons. The Morgan fingerprint density at radius 1 is 1.50 bits per heavy atom. The van der Waals surface area contributed by atoms with Gasteiger partial charge in [0.2, 0.25) is 5.91 Å². The molecule has 1 N–H and O–H groups in total. The fourth-order valence-corrected chi connectivity index (χ4v) is 3.48. The molecular weight excluding hydrogens is 303 g/mol. The van der Waals surface area contributed by atoms with Gasteiger partial charge in [0.1, 0.15) is 6.67 Å². The van der Waals surface area contributed by atoms with E-state index in [0.29, 0.717) is 26.1 Å². The summed E-state index contributed by atoms with van der Waals surface area (Å²) in [6, 6.07) is 5.78. The van der Waals surface area contributed by atoms with Gasteiger partial charge in [0.05, 0.1) is 27.2 Å². The molecule has 1 saturated heterocycles. The number of benzene rings is 1. The van der Waals surface area contributed by atoms with Crippen LogP contribution >= 0.6 is 11.3 Å². The third-order valence-corrected chi connectivity index (χ3v) is 5.18. The molecule has 0 spiro atoms. The molecule has 0 bridgehead atoms. The lowest BCUT2D eigenvalue weighted by Crippen LogP contribution is -2.46. The number of amides is 1. The third-order valence-electron chi connectivity index (χ3n) is 4.39. The highest BCUT2D eigenvalue weighted by molar-refractivity contribution is 7.16.